The first kappa shape index (κ1) is 21.6. The van der Waals surface area contributed by atoms with Gasteiger partial charge in [0.1, 0.15) is 18.8 Å². The number of aromatic nitrogens is 3. The lowest BCUT2D eigenvalue weighted by atomic mass is 9.39. The second-order valence-electron chi connectivity index (χ2n) is 8.84. The lowest BCUT2D eigenvalue weighted by Gasteiger charge is -2.69. The molecule has 0 atom stereocenters. The molecule has 1 aromatic carbocycles. The highest BCUT2D eigenvalue weighted by Crippen LogP contribution is 2.67. The molecule has 2 bridgehead atoms. The van der Waals surface area contributed by atoms with Crippen LogP contribution in [0.1, 0.15) is 37.9 Å². The van der Waals surface area contributed by atoms with Crippen LogP contribution in [0.3, 0.4) is 0 Å². The predicted molar refractivity (Wildman–Crippen MR) is 103 cm³/mol. The topological polar surface area (TPSA) is 78.3 Å². The van der Waals surface area contributed by atoms with Gasteiger partial charge in [0.05, 0.1) is 22.9 Å². The Morgan fingerprint density at radius 3 is 2.62 bits per heavy atom. The summed E-state index contributed by atoms with van der Waals surface area (Å²) in [6.45, 7) is -0.201. The van der Waals surface area contributed by atoms with E-state index in [1.165, 1.54) is 23.1 Å². The fourth-order valence-corrected chi connectivity index (χ4v) is 5.00. The average molecular weight is 475 g/mol. The molecule has 1 heterocycles. The highest BCUT2D eigenvalue weighted by Gasteiger charge is 2.71. The van der Waals surface area contributed by atoms with Crippen LogP contribution in [0.4, 0.5) is 17.6 Å². The summed E-state index contributed by atoms with van der Waals surface area (Å²) in [4.78, 5) is 16.6. The van der Waals surface area contributed by atoms with Crippen molar-refractivity contribution in [2.45, 2.75) is 61.6 Å². The molecule has 0 spiro atoms. The highest BCUT2D eigenvalue weighted by molar-refractivity contribution is 6.30. The van der Waals surface area contributed by atoms with Crippen molar-refractivity contribution in [2.75, 3.05) is 6.61 Å². The summed E-state index contributed by atoms with van der Waals surface area (Å²) in [5, 5.41) is 7.46. The number of ether oxygens (including phenoxy) is 2. The zero-order valence-corrected chi connectivity index (χ0v) is 17.4. The van der Waals surface area contributed by atoms with Gasteiger partial charge in [-0.05, 0) is 31.4 Å². The normalized spacial score (nSPS) is 30.8. The summed E-state index contributed by atoms with van der Waals surface area (Å²) >= 11 is 5.71. The number of hydrogen-bond acceptors (Lipinski definition) is 5. The van der Waals surface area contributed by atoms with Crippen LogP contribution >= 0.6 is 11.6 Å². The number of nitrogens with zero attached hydrogens (tertiary/aromatic N) is 3. The number of hydrogen-bond donors (Lipinski definition) is 1. The molecule has 4 aliphatic carbocycles. The Balaban J connectivity index is 1.08. The first-order valence-corrected chi connectivity index (χ1v) is 10.5. The van der Waals surface area contributed by atoms with Crippen LogP contribution in [0.2, 0.25) is 5.02 Å². The van der Waals surface area contributed by atoms with Crippen molar-refractivity contribution >= 4 is 17.5 Å². The van der Waals surface area contributed by atoms with Gasteiger partial charge in [0, 0.05) is 29.9 Å². The maximum Gasteiger partial charge on any atom is 0.522 e. The molecule has 4 aliphatic rings. The van der Waals surface area contributed by atoms with E-state index in [9.17, 15) is 22.4 Å². The van der Waals surface area contributed by atoms with Crippen LogP contribution in [-0.2, 0) is 19.7 Å². The molecule has 4 saturated carbocycles. The van der Waals surface area contributed by atoms with Crippen LogP contribution < -0.4 is 5.32 Å². The Hall–Kier alpha value is -2.24. The summed E-state index contributed by atoms with van der Waals surface area (Å²) in [7, 11) is 0. The minimum atomic E-state index is -4.65. The standard InChI is InChI=1S/C20H19ClF4N4O3/c21-14-2-1-11(3-15(14)22)29-10-26-17(28-29)18-7-19(8-18,9-18)27-16(30)6-31-12-4-13(5-12)32-20(23,24)25/h1-3,10,12-13H,4-9H2,(H,27,30). The minimum Gasteiger partial charge on any atom is -0.368 e. The second-order valence-corrected chi connectivity index (χ2v) is 9.25. The first-order chi connectivity index (χ1) is 15.0. The third kappa shape index (κ3) is 3.97. The molecule has 0 unspecified atom stereocenters. The van der Waals surface area contributed by atoms with E-state index < -0.39 is 24.4 Å². The molecule has 32 heavy (non-hydrogen) atoms. The molecule has 0 saturated heterocycles. The summed E-state index contributed by atoms with van der Waals surface area (Å²) in [5.74, 6) is -0.194. The van der Waals surface area contributed by atoms with Crippen LogP contribution in [-0.4, -0.2) is 51.4 Å². The maximum atomic E-state index is 13.7. The number of carbonyl (C=O) groups excluding carboxylic acids is 1. The van der Waals surface area contributed by atoms with Gasteiger partial charge in [-0.1, -0.05) is 11.6 Å². The Morgan fingerprint density at radius 2 is 1.97 bits per heavy atom. The molecule has 1 N–H and O–H groups in total. The molecule has 0 radical (unpaired) electrons. The molecule has 7 nitrogen and oxygen atoms in total. The zero-order chi connectivity index (χ0) is 22.7. The van der Waals surface area contributed by atoms with Crippen molar-refractivity contribution in [3.05, 3.63) is 41.2 Å². The Labute approximate surface area is 185 Å². The van der Waals surface area contributed by atoms with Crippen LogP contribution in [0.15, 0.2) is 24.5 Å². The van der Waals surface area contributed by atoms with Gasteiger partial charge in [-0.15, -0.1) is 13.2 Å². The predicted octanol–water partition coefficient (Wildman–Crippen LogP) is 3.43. The third-order valence-corrected chi connectivity index (χ3v) is 6.68. The monoisotopic (exact) mass is 474 g/mol. The summed E-state index contributed by atoms with van der Waals surface area (Å²) in [6.07, 6.45) is -2.13. The molecule has 1 amide bonds. The highest BCUT2D eigenvalue weighted by atomic mass is 35.5. The number of benzene rings is 1. The Bertz CT molecular complexity index is 1030. The van der Waals surface area contributed by atoms with E-state index in [-0.39, 0.29) is 41.3 Å². The molecule has 1 aromatic heterocycles. The van der Waals surface area contributed by atoms with Gasteiger partial charge < -0.3 is 10.1 Å². The van der Waals surface area contributed by atoms with Crippen molar-refractivity contribution in [1.82, 2.24) is 20.1 Å². The Kier molecular flexibility index (Phi) is 4.99. The average Bonchev–Trinajstić information content (AvgIpc) is 3.10. The number of alkyl halides is 3. The molecule has 172 valence electrons. The minimum absolute atomic E-state index is 0.0296. The SMILES string of the molecule is O=C(COC1CC(OC(F)(F)F)C1)NC12CC(c3ncn(-c4ccc(Cl)c(F)c4)n3)(C1)C2. The molecular formula is C20H19ClF4N4O3. The molecule has 4 fully saturated rings. The van der Waals surface area contributed by atoms with Gasteiger partial charge in [0.2, 0.25) is 5.91 Å². The summed E-state index contributed by atoms with van der Waals surface area (Å²) in [6, 6.07) is 4.38. The van der Waals surface area contributed by atoms with Crippen molar-refractivity contribution in [3.8, 4) is 5.69 Å². The number of halogens is 5. The van der Waals surface area contributed by atoms with Crippen molar-refractivity contribution in [1.29, 1.82) is 0 Å². The van der Waals surface area contributed by atoms with Crippen molar-refractivity contribution < 1.29 is 31.8 Å². The van der Waals surface area contributed by atoms with E-state index in [0.29, 0.717) is 30.8 Å². The lowest BCUT2D eigenvalue weighted by Crippen LogP contribution is -2.77. The largest absolute Gasteiger partial charge is 0.522 e. The summed E-state index contributed by atoms with van der Waals surface area (Å²) < 4.78 is 60.8. The van der Waals surface area contributed by atoms with E-state index >= 15 is 0 Å². The number of rotatable bonds is 7. The quantitative estimate of drug-likeness (QED) is 0.622. The van der Waals surface area contributed by atoms with Gasteiger partial charge >= 0.3 is 6.36 Å². The van der Waals surface area contributed by atoms with Crippen molar-refractivity contribution in [3.63, 3.8) is 0 Å². The van der Waals surface area contributed by atoms with E-state index in [0.717, 1.165) is 0 Å². The number of carbonyl (C=O) groups is 1. The lowest BCUT2D eigenvalue weighted by molar-refractivity contribution is -0.357. The molecule has 2 aromatic rings. The first-order valence-electron chi connectivity index (χ1n) is 10.1. The van der Waals surface area contributed by atoms with Gasteiger partial charge in [0.15, 0.2) is 5.82 Å². The van der Waals surface area contributed by atoms with Crippen LogP contribution in [0.25, 0.3) is 5.69 Å². The molecule has 12 heteroatoms. The van der Waals surface area contributed by atoms with Gasteiger partial charge in [-0.3, -0.25) is 9.53 Å². The van der Waals surface area contributed by atoms with E-state index in [2.05, 4.69) is 20.1 Å². The van der Waals surface area contributed by atoms with E-state index in [1.54, 1.807) is 6.07 Å². The fourth-order valence-electron chi connectivity index (χ4n) is 4.88. The summed E-state index contributed by atoms with van der Waals surface area (Å²) in [5.41, 5.74) is -0.0170. The van der Waals surface area contributed by atoms with Gasteiger partial charge in [0.25, 0.3) is 0 Å². The van der Waals surface area contributed by atoms with E-state index in [1.807, 2.05) is 0 Å². The number of nitrogens with one attached hydrogen (secondary N) is 1. The molecule has 6 rings (SSSR count). The van der Waals surface area contributed by atoms with Gasteiger partial charge in [-0.25, -0.2) is 14.1 Å². The zero-order valence-electron chi connectivity index (χ0n) is 16.7. The third-order valence-electron chi connectivity index (χ3n) is 6.37. The maximum absolute atomic E-state index is 13.7. The van der Waals surface area contributed by atoms with Gasteiger partial charge in [-0.2, -0.15) is 5.10 Å². The molecule has 0 aliphatic heterocycles. The van der Waals surface area contributed by atoms with Crippen LogP contribution in [0, 0.1) is 5.82 Å². The van der Waals surface area contributed by atoms with E-state index in [4.69, 9.17) is 16.3 Å². The Morgan fingerprint density at radius 1 is 1.25 bits per heavy atom. The van der Waals surface area contributed by atoms with Crippen LogP contribution in [0.5, 0.6) is 0 Å². The fraction of sp³-hybridized carbons (Fsp3) is 0.550. The van der Waals surface area contributed by atoms with Crippen molar-refractivity contribution in [2.24, 2.45) is 0 Å². The number of amides is 1. The second kappa shape index (κ2) is 7.39. The smallest absolute Gasteiger partial charge is 0.368 e. The molecular weight excluding hydrogens is 456 g/mol.